The molecule has 2 amide bonds. The highest BCUT2D eigenvalue weighted by atomic mass is 19.4. The summed E-state index contributed by atoms with van der Waals surface area (Å²) in [4.78, 5) is 14.0. The number of nitrogens with zero attached hydrogens (tertiary/aromatic N) is 1. The lowest BCUT2D eigenvalue weighted by Crippen LogP contribution is -2.52. The molecule has 27 heavy (non-hydrogen) atoms. The molecular formula is C20H20F4N2O. The molecule has 7 heteroatoms. The van der Waals surface area contributed by atoms with E-state index in [2.05, 4.69) is 0 Å². The molecular weight excluding hydrogens is 360 g/mol. The summed E-state index contributed by atoms with van der Waals surface area (Å²) in [7, 11) is 0. The van der Waals surface area contributed by atoms with Gasteiger partial charge in [0.25, 0.3) is 0 Å². The molecule has 0 aromatic heterocycles. The Hall–Kier alpha value is -2.57. The number of amides is 2. The first kappa shape index (κ1) is 19.2. The smallest absolute Gasteiger partial charge is 0.326 e. The Labute approximate surface area is 155 Å². The third kappa shape index (κ3) is 4.07. The number of halogens is 4. The molecule has 1 N–H and O–H groups in total. The number of urea groups is 1. The van der Waals surface area contributed by atoms with Crippen LogP contribution < -0.4 is 5.32 Å². The molecule has 3 nitrogen and oxygen atoms in total. The van der Waals surface area contributed by atoms with Crippen LogP contribution in [0.4, 0.5) is 22.4 Å². The van der Waals surface area contributed by atoms with E-state index in [1.54, 1.807) is 24.3 Å². The van der Waals surface area contributed by atoms with Crippen LogP contribution in [0.25, 0.3) is 0 Å². The highest BCUT2D eigenvalue weighted by Crippen LogP contribution is 2.35. The zero-order chi connectivity index (χ0) is 19.6. The molecule has 0 fully saturated rings. The Kier molecular flexibility index (Phi) is 5.39. The number of hydrogen-bond acceptors (Lipinski definition) is 1. The van der Waals surface area contributed by atoms with Crippen molar-refractivity contribution in [3.63, 3.8) is 0 Å². The summed E-state index contributed by atoms with van der Waals surface area (Å²) in [5.74, 6) is 0. The molecule has 0 bridgehead atoms. The van der Waals surface area contributed by atoms with Gasteiger partial charge in [0.1, 0.15) is 12.7 Å². The van der Waals surface area contributed by atoms with Crippen LogP contribution in [-0.2, 0) is 13.1 Å². The highest BCUT2D eigenvalue weighted by molar-refractivity contribution is 5.76. The Bertz CT molecular complexity index is 804. The van der Waals surface area contributed by atoms with Gasteiger partial charge >= 0.3 is 12.2 Å². The maximum absolute atomic E-state index is 12.9. The number of fused-ring (bicyclic) bond motifs is 1. The zero-order valence-corrected chi connectivity index (χ0v) is 14.8. The molecule has 0 spiro atoms. The summed E-state index contributed by atoms with van der Waals surface area (Å²) in [5, 5.41) is 2.04. The van der Waals surface area contributed by atoms with Gasteiger partial charge in [-0.1, -0.05) is 48.5 Å². The maximum Gasteiger partial charge on any atom is 0.408 e. The average Bonchev–Trinajstić information content (AvgIpc) is 2.66. The van der Waals surface area contributed by atoms with E-state index in [-0.39, 0.29) is 0 Å². The number of alkyl halides is 4. The molecule has 0 saturated heterocycles. The summed E-state index contributed by atoms with van der Waals surface area (Å²) in [5.41, 5.74) is 3.15. The summed E-state index contributed by atoms with van der Waals surface area (Å²) in [6.45, 7) is 0.610. The van der Waals surface area contributed by atoms with Crippen LogP contribution in [0.5, 0.6) is 0 Å². The quantitative estimate of drug-likeness (QED) is 0.765. The molecule has 1 aliphatic rings. The Morgan fingerprint density at radius 2 is 1.85 bits per heavy atom. The van der Waals surface area contributed by atoms with Gasteiger partial charge in [-0.25, -0.2) is 9.18 Å². The second-order valence-corrected chi connectivity index (χ2v) is 6.63. The van der Waals surface area contributed by atoms with E-state index in [0.29, 0.717) is 18.5 Å². The highest BCUT2D eigenvalue weighted by Gasteiger charge is 2.39. The fraction of sp³-hybridized carbons (Fsp3) is 0.350. The molecule has 0 unspecified atom stereocenters. The van der Waals surface area contributed by atoms with Crippen molar-refractivity contribution in [1.82, 2.24) is 10.2 Å². The van der Waals surface area contributed by atoms with Crippen molar-refractivity contribution in [3.05, 3.63) is 70.8 Å². The van der Waals surface area contributed by atoms with Crippen molar-refractivity contribution in [1.29, 1.82) is 0 Å². The van der Waals surface area contributed by atoms with Crippen LogP contribution >= 0.6 is 0 Å². The van der Waals surface area contributed by atoms with Crippen molar-refractivity contribution in [3.8, 4) is 0 Å². The van der Waals surface area contributed by atoms with E-state index in [4.69, 9.17) is 0 Å². The number of rotatable bonds is 3. The van der Waals surface area contributed by atoms with Gasteiger partial charge in [-0.2, -0.15) is 13.2 Å². The van der Waals surface area contributed by atoms with Gasteiger partial charge in [0, 0.05) is 6.54 Å². The molecule has 1 aliphatic heterocycles. The SMILES string of the molecule is C[C@H](NC(=O)N1CCc2ccccc2[C@H]1c1ccc(CF)cc1)C(F)(F)F. The molecule has 2 atom stereocenters. The molecule has 0 aliphatic carbocycles. The summed E-state index contributed by atoms with van der Waals surface area (Å²) < 4.78 is 51.4. The topological polar surface area (TPSA) is 32.3 Å². The van der Waals surface area contributed by atoms with Crippen LogP contribution in [0, 0.1) is 0 Å². The minimum atomic E-state index is -4.51. The first-order valence-electron chi connectivity index (χ1n) is 8.67. The molecule has 0 saturated carbocycles. The molecule has 0 radical (unpaired) electrons. The fourth-order valence-corrected chi connectivity index (χ4v) is 3.28. The summed E-state index contributed by atoms with van der Waals surface area (Å²) >= 11 is 0. The van der Waals surface area contributed by atoms with Gasteiger partial charge in [-0.15, -0.1) is 0 Å². The standard InChI is InChI=1S/C20H20F4N2O/c1-13(20(22,23)24)25-19(27)26-11-10-15-4-2-3-5-17(15)18(26)16-8-6-14(12-21)7-9-16/h2-9,13,18H,10-12H2,1H3,(H,25,27)/t13-,18+/m0/s1. The largest absolute Gasteiger partial charge is 0.408 e. The lowest BCUT2D eigenvalue weighted by atomic mass is 9.88. The van der Waals surface area contributed by atoms with E-state index in [1.165, 1.54) is 4.90 Å². The van der Waals surface area contributed by atoms with Gasteiger partial charge < -0.3 is 10.2 Å². The van der Waals surface area contributed by atoms with E-state index in [9.17, 15) is 22.4 Å². The summed E-state index contributed by atoms with van der Waals surface area (Å²) in [6, 6.07) is 11.0. The zero-order valence-electron chi connectivity index (χ0n) is 14.8. The Morgan fingerprint density at radius 3 is 2.48 bits per heavy atom. The first-order chi connectivity index (χ1) is 12.8. The normalized spacial score (nSPS) is 18.0. The van der Waals surface area contributed by atoms with Crippen LogP contribution in [0.1, 0.15) is 35.2 Å². The predicted octanol–water partition coefficient (Wildman–Crippen LogP) is 4.76. The van der Waals surface area contributed by atoms with Gasteiger partial charge in [0.2, 0.25) is 0 Å². The second kappa shape index (κ2) is 7.58. The Morgan fingerprint density at radius 1 is 1.19 bits per heavy atom. The number of carbonyl (C=O) groups excluding carboxylic acids is 1. The second-order valence-electron chi connectivity index (χ2n) is 6.63. The van der Waals surface area contributed by atoms with Crippen molar-refractivity contribution in [2.75, 3.05) is 6.54 Å². The van der Waals surface area contributed by atoms with Crippen molar-refractivity contribution >= 4 is 6.03 Å². The van der Waals surface area contributed by atoms with Crippen molar-refractivity contribution < 1.29 is 22.4 Å². The fourth-order valence-electron chi connectivity index (χ4n) is 3.28. The van der Waals surface area contributed by atoms with Crippen molar-refractivity contribution in [2.45, 2.75) is 38.3 Å². The molecule has 3 rings (SSSR count). The third-order valence-corrected chi connectivity index (χ3v) is 4.82. The first-order valence-corrected chi connectivity index (χ1v) is 8.67. The van der Waals surface area contributed by atoms with Crippen molar-refractivity contribution in [2.24, 2.45) is 0 Å². The molecule has 1 heterocycles. The van der Waals surface area contributed by atoms with Crippen LogP contribution in [0.15, 0.2) is 48.5 Å². The van der Waals surface area contributed by atoms with E-state index in [1.807, 2.05) is 29.6 Å². The Balaban J connectivity index is 1.95. The lowest BCUT2D eigenvalue weighted by molar-refractivity contribution is -0.149. The van der Waals surface area contributed by atoms with Crippen LogP contribution in [-0.4, -0.2) is 29.7 Å². The molecule has 2 aromatic carbocycles. The van der Waals surface area contributed by atoms with E-state index >= 15 is 0 Å². The monoisotopic (exact) mass is 380 g/mol. The lowest BCUT2D eigenvalue weighted by Gasteiger charge is -2.38. The minimum Gasteiger partial charge on any atom is -0.326 e. The molecule has 144 valence electrons. The number of carbonyl (C=O) groups is 1. The molecule has 2 aromatic rings. The number of benzene rings is 2. The van der Waals surface area contributed by atoms with E-state index < -0.39 is 31.0 Å². The van der Waals surface area contributed by atoms with Crippen LogP contribution in [0.2, 0.25) is 0 Å². The summed E-state index contributed by atoms with van der Waals surface area (Å²) in [6.07, 6.45) is -3.95. The van der Waals surface area contributed by atoms with Gasteiger partial charge in [-0.3, -0.25) is 0 Å². The van der Waals surface area contributed by atoms with E-state index in [0.717, 1.165) is 23.6 Å². The van der Waals surface area contributed by atoms with Crippen LogP contribution in [0.3, 0.4) is 0 Å². The van der Waals surface area contributed by atoms with Gasteiger partial charge in [0.15, 0.2) is 0 Å². The number of hydrogen-bond donors (Lipinski definition) is 1. The van der Waals surface area contributed by atoms with Gasteiger partial charge in [-0.05, 0) is 35.6 Å². The maximum atomic E-state index is 12.9. The predicted molar refractivity (Wildman–Crippen MR) is 94.0 cm³/mol. The number of nitrogens with one attached hydrogen (secondary N) is 1. The van der Waals surface area contributed by atoms with Gasteiger partial charge in [0.05, 0.1) is 6.04 Å². The minimum absolute atomic E-state index is 0.295. The average molecular weight is 380 g/mol. The third-order valence-electron chi connectivity index (χ3n) is 4.82.